The van der Waals surface area contributed by atoms with Crippen LogP contribution in [0, 0.1) is 11.3 Å². The second kappa shape index (κ2) is 8.26. The number of hydrogen-bond donors (Lipinski definition) is 1. The van der Waals surface area contributed by atoms with E-state index in [0.29, 0.717) is 30.8 Å². The maximum absolute atomic E-state index is 9.39. The SMILES string of the molecule is N#C/C(=N/Nc1cc(Cl)c(Cl)cc1Cl)c1nc(-c2ccc(Cl)cc2)cs1. The summed E-state index contributed by atoms with van der Waals surface area (Å²) in [7, 11) is 0. The van der Waals surface area contributed by atoms with Gasteiger partial charge in [-0.05, 0) is 24.3 Å². The lowest BCUT2D eigenvalue weighted by Crippen LogP contribution is -2.02. The van der Waals surface area contributed by atoms with Gasteiger partial charge in [-0.15, -0.1) is 11.3 Å². The van der Waals surface area contributed by atoms with Crippen LogP contribution in [0.25, 0.3) is 11.3 Å². The molecule has 0 aliphatic heterocycles. The molecule has 1 N–H and O–H groups in total. The molecular weight excluding hydrogens is 434 g/mol. The minimum atomic E-state index is 0.123. The third-order valence-electron chi connectivity index (χ3n) is 3.25. The number of halogens is 4. The Morgan fingerprint density at radius 3 is 2.42 bits per heavy atom. The summed E-state index contributed by atoms with van der Waals surface area (Å²) < 4.78 is 0. The minimum Gasteiger partial charge on any atom is -0.276 e. The Bertz CT molecular complexity index is 1020. The van der Waals surface area contributed by atoms with E-state index in [1.807, 2.05) is 23.6 Å². The van der Waals surface area contributed by atoms with Gasteiger partial charge in [0.2, 0.25) is 0 Å². The van der Waals surface area contributed by atoms with Crippen molar-refractivity contribution in [1.29, 1.82) is 5.26 Å². The number of rotatable bonds is 4. The van der Waals surface area contributed by atoms with Crippen molar-refractivity contribution in [2.75, 3.05) is 5.43 Å². The molecule has 0 radical (unpaired) electrons. The van der Waals surface area contributed by atoms with Gasteiger partial charge in [0, 0.05) is 16.0 Å². The summed E-state index contributed by atoms with van der Waals surface area (Å²) in [6.07, 6.45) is 0. The van der Waals surface area contributed by atoms with E-state index in [-0.39, 0.29) is 5.71 Å². The lowest BCUT2D eigenvalue weighted by atomic mass is 10.2. The summed E-state index contributed by atoms with van der Waals surface area (Å²) in [5.41, 5.74) is 4.91. The molecule has 0 spiro atoms. The Morgan fingerprint density at radius 1 is 1.04 bits per heavy atom. The molecule has 0 fully saturated rings. The predicted octanol–water partition coefficient (Wildman–Crippen LogP) is 6.76. The maximum Gasteiger partial charge on any atom is 0.196 e. The molecule has 4 nitrogen and oxygen atoms in total. The highest BCUT2D eigenvalue weighted by atomic mass is 35.5. The predicted molar refractivity (Wildman–Crippen MR) is 110 cm³/mol. The van der Waals surface area contributed by atoms with Gasteiger partial charge in [-0.2, -0.15) is 10.4 Å². The summed E-state index contributed by atoms with van der Waals surface area (Å²) in [5, 5.41) is 17.4. The number of nitrogens with zero attached hydrogens (tertiary/aromatic N) is 3. The van der Waals surface area contributed by atoms with Crippen molar-refractivity contribution in [3.63, 3.8) is 0 Å². The van der Waals surface area contributed by atoms with Crippen LogP contribution in [-0.2, 0) is 0 Å². The highest BCUT2D eigenvalue weighted by molar-refractivity contribution is 7.12. The number of nitriles is 1. The Morgan fingerprint density at radius 2 is 1.73 bits per heavy atom. The highest BCUT2D eigenvalue weighted by Crippen LogP contribution is 2.32. The lowest BCUT2D eigenvalue weighted by Gasteiger charge is -2.05. The molecule has 1 heterocycles. The standard InChI is InChI=1S/C17H8Cl4N4S/c18-10-3-1-9(2-4-10)16-8-26-17(23-16)15(7-22)25-24-14-6-12(20)11(19)5-13(14)21/h1-6,8,24H/b25-15-. The molecule has 0 saturated heterocycles. The topological polar surface area (TPSA) is 61.1 Å². The molecule has 26 heavy (non-hydrogen) atoms. The fourth-order valence-electron chi connectivity index (χ4n) is 1.98. The molecule has 0 atom stereocenters. The van der Waals surface area contributed by atoms with Crippen molar-refractivity contribution in [1.82, 2.24) is 4.98 Å². The quantitative estimate of drug-likeness (QED) is 0.276. The number of anilines is 1. The van der Waals surface area contributed by atoms with Gasteiger partial charge in [-0.1, -0.05) is 58.5 Å². The normalized spacial score (nSPS) is 11.3. The number of thiazole rings is 1. The Kier molecular flexibility index (Phi) is 6.02. The van der Waals surface area contributed by atoms with E-state index < -0.39 is 0 Å². The first-order chi connectivity index (χ1) is 12.5. The van der Waals surface area contributed by atoms with Gasteiger partial charge in [0.25, 0.3) is 0 Å². The average molecular weight is 442 g/mol. The number of benzene rings is 2. The van der Waals surface area contributed by atoms with Gasteiger partial charge in [-0.3, -0.25) is 5.43 Å². The molecule has 9 heteroatoms. The third-order valence-corrected chi connectivity index (χ3v) is 5.39. The molecule has 0 aliphatic rings. The van der Waals surface area contributed by atoms with Crippen LogP contribution in [0.15, 0.2) is 46.9 Å². The van der Waals surface area contributed by atoms with Crippen molar-refractivity contribution in [2.24, 2.45) is 5.10 Å². The first kappa shape index (κ1) is 19.0. The number of hydrogen-bond acceptors (Lipinski definition) is 5. The zero-order chi connectivity index (χ0) is 18.7. The van der Waals surface area contributed by atoms with Gasteiger partial charge in [0.1, 0.15) is 6.07 Å². The van der Waals surface area contributed by atoms with Crippen LogP contribution < -0.4 is 5.43 Å². The molecular formula is C17H8Cl4N4S. The van der Waals surface area contributed by atoms with Crippen molar-refractivity contribution in [3.05, 3.63) is 66.9 Å². The third kappa shape index (κ3) is 4.29. The van der Waals surface area contributed by atoms with E-state index >= 15 is 0 Å². The largest absolute Gasteiger partial charge is 0.276 e. The number of nitrogens with one attached hydrogen (secondary N) is 1. The lowest BCUT2D eigenvalue weighted by molar-refractivity contribution is 1.31. The molecule has 0 unspecified atom stereocenters. The van der Waals surface area contributed by atoms with E-state index in [2.05, 4.69) is 15.5 Å². The zero-order valence-corrected chi connectivity index (χ0v) is 16.6. The van der Waals surface area contributed by atoms with E-state index in [9.17, 15) is 5.26 Å². The number of hydrazone groups is 1. The summed E-state index contributed by atoms with van der Waals surface area (Å²) in [4.78, 5) is 4.45. The first-order valence-corrected chi connectivity index (χ1v) is 9.47. The van der Waals surface area contributed by atoms with Crippen molar-refractivity contribution >= 4 is 69.1 Å². The average Bonchev–Trinajstić information content (AvgIpc) is 3.10. The first-order valence-electron chi connectivity index (χ1n) is 7.08. The molecule has 1 aromatic heterocycles. The minimum absolute atomic E-state index is 0.123. The van der Waals surface area contributed by atoms with E-state index in [1.54, 1.807) is 12.1 Å². The fraction of sp³-hybridized carbons (Fsp3) is 0. The molecule has 0 aliphatic carbocycles. The van der Waals surface area contributed by atoms with Crippen LogP contribution in [0.1, 0.15) is 5.01 Å². The van der Waals surface area contributed by atoms with Gasteiger partial charge in [0.05, 0.1) is 26.4 Å². The summed E-state index contributed by atoms with van der Waals surface area (Å²) >= 11 is 25.2. The molecule has 0 bridgehead atoms. The second-order valence-corrected chi connectivity index (χ2v) is 7.49. The second-order valence-electron chi connectivity index (χ2n) is 4.97. The Hall–Kier alpha value is -1.81. The smallest absolute Gasteiger partial charge is 0.196 e. The number of aromatic nitrogens is 1. The van der Waals surface area contributed by atoms with Gasteiger partial charge < -0.3 is 0 Å². The molecule has 2 aromatic carbocycles. The molecule has 0 amide bonds. The maximum atomic E-state index is 9.39. The molecule has 3 rings (SSSR count). The molecule has 130 valence electrons. The summed E-state index contributed by atoms with van der Waals surface area (Å²) in [6, 6.07) is 12.3. The zero-order valence-electron chi connectivity index (χ0n) is 12.8. The monoisotopic (exact) mass is 440 g/mol. The van der Waals surface area contributed by atoms with Crippen LogP contribution in [0.2, 0.25) is 20.1 Å². The van der Waals surface area contributed by atoms with Crippen LogP contribution in [0.3, 0.4) is 0 Å². The highest BCUT2D eigenvalue weighted by Gasteiger charge is 2.11. The Balaban J connectivity index is 1.85. The van der Waals surface area contributed by atoms with Crippen LogP contribution >= 0.6 is 57.7 Å². The van der Waals surface area contributed by atoms with Gasteiger partial charge in [-0.25, -0.2) is 4.98 Å². The van der Waals surface area contributed by atoms with Crippen molar-refractivity contribution in [3.8, 4) is 17.3 Å². The van der Waals surface area contributed by atoms with Crippen LogP contribution in [0.4, 0.5) is 5.69 Å². The fourth-order valence-corrected chi connectivity index (χ4v) is 3.46. The van der Waals surface area contributed by atoms with Gasteiger partial charge >= 0.3 is 0 Å². The molecule has 3 aromatic rings. The molecule has 0 saturated carbocycles. The van der Waals surface area contributed by atoms with E-state index in [4.69, 9.17) is 46.4 Å². The summed E-state index contributed by atoms with van der Waals surface area (Å²) in [5.74, 6) is 0. The van der Waals surface area contributed by atoms with E-state index in [0.717, 1.165) is 11.3 Å². The van der Waals surface area contributed by atoms with E-state index in [1.165, 1.54) is 23.5 Å². The van der Waals surface area contributed by atoms with Crippen LogP contribution in [0.5, 0.6) is 0 Å². The van der Waals surface area contributed by atoms with Crippen molar-refractivity contribution in [2.45, 2.75) is 0 Å². The van der Waals surface area contributed by atoms with Gasteiger partial charge in [0.15, 0.2) is 10.7 Å². The Labute approximate surface area is 173 Å². The summed E-state index contributed by atoms with van der Waals surface area (Å²) in [6.45, 7) is 0. The van der Waals surface area contributed by atoms with Crippen molar-refractivity contribution < 1.29 is 0 Å². The van der Waals surface area contributed by atoms with Crippen LogP contribution in [-0.4, -0.2) is 10.7 Å².